The molecule has 4 nitrogen and oxygen atoms in total. The number of halogens is 1. The molecule has 2 N–H and O–H groups in total. The molecular formula is C12H15BrN2O2S. The molecule has 0 aliphatic carbocycles. The van der Waals surface area contributed by atoms with Crippen LogP contribution < -0.4 is 10.6 Å². The van der Waals surface area contributed by atoms with Gasteiger partial charge >= 0.3 is 0 Å². The van der Waals surface area contributed by atoms with E-state index < -0.39 is 0 Å². The molecule has 0 bridgehead atoms. The first-order valence-electron chi connectivity index (χ1n) is 5.60. The first-order chi connectivity index (χ1) is 8.67. The highest BCUT2D eigenvalue weighted by Crippen LogP contribution is 2.38. The number of anilines is 1. The van der Waals surface area contributed by atoms with E-state index in [2.05, 4.69) is 26.6 Å². The van der Waals surface area contributed by atoms with Gasteiger partial charge < -0.3 is 15.4 Å². The highest BCUT2D eigenvalue weighted by atomic mass is 79.9. The minimum absolute atomic E-state index is 0.00144. The zero-order valence-electron chi connectivity index (χ0n) is 10.2. The lowest BCUT2D eigenvalue weighted by Gasteiger charge is -2.10. The van der Waals surface area contributed by atoms with Crippen LogP contribution in [-0.2, 0) is 9.53 Å². The summed E-state index contributed by atoms with van der Waals surface area (Å²) in [6.07, 6.45) is 0. The van der Waals surface area contributed by atoms with E-state index in [0.717, 1.165) is 26.4 Å². The zero-order valence-corrected chi connectivity index (χ0v) is 12.7. The summed E-state index contributed by atoms with van der Waals surface area (Å²) < 4.78 is 6.04. The molecule has 0 aromatic heterocycles. The minimum Gasteiger partial charge on any atom is -0.384 e. The van der Waals surface area contributed by atoms with Gasteiger partial charge in [0.25, 0.3) is 0 Å². The van der Waals surface area contributed by atoms with Gasteiger partial charge in [-0.1, -0.05) is 0 Å². The lowest BCUT2D eigenvalue weighted by Crippen LogP contribution is -2.23. The molecule has 2 rings (SSSR count). The maximum Gasteiger partial charge on any atom is 0.246 e. The van der Waals surface area contributed by atoms with E-state index in [-0.39, 0.29) is 11.9 Å². The molecule has 0 radical (unpaired) electrons. The number of nitrogens with one attached hydrogen (secondary N) is 2. The number of amides is 1. The molecule has 98 valence electrons. The Labute approximate surface area is 119 Å². The summed E-state index contributed by atoms with van der Waals surface area (Å²) >= 11 is 5.25. The number of fused-ring (bicyclic) bond motifs is 1. The van der Waals surface area contributed by atoms with Crippen LogP contribution in [0.3, 0.4) is 0 Å². The number of benzene rings is 1. The number of hydrogen-bond donors (Lipinski definition) is 2. The van der Waals surface area contributed by atoms with Crippen molar-refractivity contribution in [1.82, 2.24) is 5.32 Å². The van der Waals surface area contributed by atoms with Gasteiger partial charge in [0.05, 0.1) is 6.61 Å². The Bertz CT molecular complexity index is 468. The molecular weight excluding hydrogens is 316 g/mol. The van der Waals surface area contributed by atoms with E-state index in [1.54, 1.807) is 25.9 Å². The fourth-order valence-electron chi connectivity index (χ4n) is 1.89. The molecule has 1 unspecified atom stereocenters. The Morgan fingerprint density at radius 3 is 3.00 bits per heavy atom. The van der Waals surface area contributed by atoms with E-state index >= 15 is 0 Å². The van der Waals surface area contributed by atoms with Crippen molar-refractivity contribution in [3.8, 4) is 0 Å². The van der Waals surface area contributed by atoms with Crippen molar-refractivity contribution in [3.05, 3.63) is 22.2 Å². The molecule has 1 aliphatic rings. The van der Waals surface area contributed by atoms with Crippen LogP contribution in [0.4, 0.5) is 5.69 Å². The Morgan fingerprint density at radius 2 is 2.33 bits per heavy atom. The molecule has 18 heavy (non-hydrogen) atoms. The van der Waals surface area contributed by atoms with Crippen molar-refractivity contribution in [3.63, 3.8) is 0 Å². The van der Waals surface area contributed by atoms with Gasteiger partial charge in [0.2, 0.25) is 5.91 Å². The van der Waals surface area contributed by atoms with Crippen molar-refractivity contribution in [1.29, 1.82) is 0 Å². The van der Waals surface area contributed by atoms with Crippen LogP contribution in [0, 0.1) is 0 Å². The van der Waals surface area contributed by atoms with Gasteiger partial charge in [-0.25, -0.2) is 0 Å². The molecule has 1 amide bonds. The van der Waals surface area contributed by atoms with Gasteiger partial charge in [0.1, 0.15) is 6.04 Å². The second-order valence-corrected chi connectivity index (χ2v) is 5.91. The number of carbonyl (C=O) groups is 1. The third-order valence-electron chi connectivity index (χ3n) is 2.77. The van der Waals surface area contributed by atoms with Crippen molar-refractivity contribution in [2.45, 2.75) is 10.9 Å². The van der Waals surface area contributed by atoms with E-state index in [9.17, 15) is 4.79 Å². The van der Waals surface area contributed by atoms with Crippen molar-refractivity contribution in [2.75, 3.05) is 31.8 Å². The summed E-state index contributed by atoms with van der Waals surface area (Å²) in [5.74, 6) is 0.885. The highest BCUT2D eigenvalue weighted by molar-refractivity contribution is 9.10. The number of likely N-dealkylation sites (N-methyl/N-ethyl adjacent to an activating group) is 1. The van der Waals surface area contributed by atoms with Gasteiger partial charge in [-0.15, -0.1) is 11.8 Å². The topological polar surface area (TPSA) is 50.4 Å². The highest BCUT2D eigenvalue weighted by Gasteiger charge is 2.29. The van der Waals surface area contributed by atoms with E-state index in [1.807, 2.05) is 12.1 Å². The Kier molecular flexibility index (Phi) is 4.66. The largest absolute Gasteiger partial charge is 0.384 e. The maximum absolute atomic E-state index is 11.7. The lowest BCUT2D eigenvalue weighted by atomic mass is 10.1. The number of ether oxygens (including phenoxy) is 1. The van der Waals surface area contributed by atoms with Crippen molar-refractivity contribution >= 4 is 39.3 Å². The average molecular weight is 331 g/mol. The molecule has 1 aromatic carbocycles. The number of rotatable bonds is 5. The standard InChI is InChI=1S/C12H15BrN2O2S/c1-14-11-7-5-8(13)10(18-4-3-17-2)6-9(7)15-12(11)16/h5-6,11,14H,3-4H2,1-2H3,(H,15,16). The summed E-state index contributed by atoms with van der Waals surface area (Å²) in [5.41, 5.74) is 1.88. The summed E-state index contributed by atoms with van der Waals surface area (Å²) in [4.78, 5) is 12.8. The van der Waals surface area contributed by atoms with Gasteiger partial charge in [0.15, 0.2) is 0 Å². The van der Waals surface area contributed by atoms with Gasteiger partial charge in [0, 0.05) is 33.5 Å². The van der Waals surface area contributed by atoms with Crippen LogP contribution in [0.15, 0.2) is 21.5 Å². The van der Waals surface area contributed by atoms with E-state index in [0.29, 0.717) is 6.61 Å². The predicted octanol–water partition coefficient (Wildman–Crippen LogP) is 2.40. The molecule has 1 aliphatic heterocycles. The minimum atomic E-state index is -0.255. The Morgan fingerprint density at radius 1 is 1.56 bits per heavy atom. The van der Waals surface area contributed by atoms with E-state index in [1.165, 1.54) is 0 Å². The Balaban J connectivity index is 2.22. The number of carbonyl (C=O) groups excluding carboxylic acids is 1. The summed E-state index contributed by atoms with van der Waals surface area (Å²) in [6.45, 7) is 0.708. The molecule has 6 heteroatoms. The fourth-order valence-corrected chi connectivity index (χ4v) is 3.47. The summed E-state index contributed by atoms with van der Waals surface area (Å²) in [6, 6.07) is 3.76. The van der Waals surface area contributed by atoms with E-state index in [4.69, 9.17) is 4.74 Å². The quantitative estimate of drug-likeness (QED) is 0.643. The third-order valence-corrected chi connectivity index (χ3v) is 4.71. The first kappa shape index (κ1) is 13.9. The summed E-state index contributed by atoms with van der Waals surface area (Å²) in [7, 11) is 3.48. The number of hydrogen-bond acceptors (Lipinski definition) is 4. The predicted molar refractivity (Wildman–Crippen MR) is 77.2 cm³/mol. The monoisotopic (exact) mass is 330 g/mol. The smallest absolute Gasteiger partial charge is 0.246 e. The number of thioether (sulfide) groups is 1. The zero-order chi connectivity index (χ0) is 13.1. The summed E-state index contributed by atoms with van der Waals surface area (Å²) in [5, 5.41) is 5.90. The average Bonchev–Trinajstić information content (AvgIpc) is 2.64. The number of methoxy groups -OCH3 is 1. The van der Waals surface area contributed by atoms with Gasteiger partial charge in [-0.2, -0.15) is 0 Å². The second-order valence-electron chi connectivity index (χ2n) is 3.92. The maximum atomic E-state index is 11.7. The van der Waals surface area contributed by atoms with Crippen LogP contribution in [0.5, 0.6) is 0 Å². The molecule has 0 saturated heterocycles. The van der Waals surface area contributed by atoms with Crippen LogP contribution >= 0.6 is 27.7 Å². The molecule has 1 atom stereocenters. The molecule has 1 heterocycles. The van der Waals surface area contributed by atoms with Crippen LogP contribution in [0.1, 0.15) is 11.6 Å². The first-order valence-corrected chi connectivity index (χ1v) is 7.38. The van der Waals surface area contributed by atoms with Crippen LogP contribution in [0.2, 0.25) is 0 Å². The van der Waals surface area contributed by atoms with Gasteiger partial charge in [-0.05, 0) is 35.1 Å². The molecule has 0 spiro atoms. The van der Waals surface area contributed by atoms with Crippen LogP contribution in [-0.4, -0.2) is 32.4 Å². The lowest BCUT2D eigenvalue weighted by molar-refractivity contribution is -0.117. The van der Waals surface area contributed by atoms with Crippen molar-refractivity contribution in [2.24, 2.45) is 0 Å². The molecule has 1 aromatic rings. The fraction of sp³-hybridized carbons (Fsp3) is 0.417. The molecule has 0 saturated carbocycles. The third kappa shape index (κ3) is 2.71. The molecule has 0 fully saturated rings. The van der Waals surface area contributed by atoms with Crippen LogP contribution in [0.25, 0.3) is 0 Å². The SMILES string of the molecule is CNC1C(=O)Nc2cc(SCCOC)c(Br)cc21. The Hall–Kier alpha value is -0.560. The normalized spacial score (nSPS) is 17.7. The second kappa shape index (κ2) is 6.06. The van der Waals surface area contributed by atoms with Crippen molar-refractivity contribution < 1.29 is 9.53 Å². The van der Waals surface area contributed by atoms with Gasteiger partial charge in [-0.3, -0.25) is 4.79 Å².